The van der Waals surface area contributed by atoms with Crippen LogP contribution in [0.5, 0.6) is 5.75 Å². The molecule has 0 fully saturated rings. The van der Waals surface area contributed by atoms with Gasteiger partial charge in [-0.05, 0) is 48.8 Å². The number of alkyl halides is 1. The number of carbonyl (C=O) groups excluding carboxylic acids is 1. The molecule has 4 nitrogen and oxygen atoms in total. The molecule has 5 heteroatoms. The number of rotatable bonds is 9. The second-order valence-electron chi connectivity index (χ2n) is 5.98. The molecule has 0 saturated carbocycles. The third-order valence-electron chi connectivity index (χ3n) is 3.50. The lowest BCUT2D eigenvalue weighted by molar-refractivity contribution is 0.104. The van der Waals surface area contributed by atoms with E-state index in [2.05, 4.69) is 18.9 Å². The molecule has 0 aliphatic carbocycles. The number of nitrogens with zero attached hydrogens (tertiary/aromatic N) is 2. The van der Waals surface area contributed by atoms with Crippen molar-refractivity contribution >= 4 is 23.5 Å². The van der Waals surface area contributed by atoms with Crippen molar-refractivity contribution in [2.45, 2.75) is 26.8 Å². The van der Waals surface area contributed by atoms with Crippen LogP contribution in [0.15, 0.2) is 42.7 Å². The van der Waals surface area contributed by atoms with Crippen molar-refractivity contribution in [3.8, 4) is 5.75 Å². The van der Waals surface area contributed by atoms with Crippen molar-refractivity contribution in [3.63, 3.8) is 0 Å². The zero-order valence-corrected chi connectivity index (χ0v) is 14.9. The predicted octanol–water partition coefficient (Wildman–Crippen LogP) is 4.44. The Kier molecular flexibility index (Phi) is 7.07. The molecule has 0 atom stereocenters. The topological polar surface area (TPSA) is 44.1 Å². The monoisotopic (exact) mass is 346 g/mol. The van der Waals surface area contributed by atoms with Crippen molar-refractivity contribution < 1.29 is 9.53 Å². The van der Waals surface area contributed by atoms with Crippen LogP contribution in [0, 0.1) is 5.92 Å². The Balaban J connectivity index is 1.90. The molecular weight excluding hydrogens is 324 g/mol. The number of aromatic nitrogens is 2. The first kappa shape index (κ1) is 18.3. The maximum absolute atomic E-state index is 12.2. The fourth-order valence-electron chi connectivity index (χ4n) is 2.07. The molecule has 0 aliphatic heterocycles. The number of ether oxygens (including phenoxy) is 1. The summed E-state index contributed by atoms with van der Waals surface area (Å²) in [5, 5.41) is 4.16. The van der Waals surface area contributed by atoms with Crippen LogP contribution in [0.3, 0.4) is 0 Å². The zero-order valence-electron chi connectivity index (χ0n) is 14.1. The van der Waals surface area contributed by atoms with Gasteiger partial charge in [0.15, 0.2) is 5.78 Å². The maximum atomic E-state index is 12.2. The highest BCUT2D eigenvalue weighted by Crippen LogP contribution is 2.14. The molecule has 0 bridgehead atoms. The van der Waals surface area contributed by atoms with Crippen LogP contribution in [0.2, 0.25) is 0 Å². The molecule has 0 N–H and O–H groups in total. The standard InChI is InChI=1S/C19H23ClN2O2/c1-15(2)9-12-24-18-6-4-17(5-7-18)19(23)8-3-16-13-21-22(14-16)11-10-20/h3-8,13-15H,9-12H2,1-2H3/b8-3+. The summed E-state index contributed by atoms with van der Waals surface area (Å²) < 4.78 is 7.41. The van der Waals surface area contributed by atoms with Gasteiger partial charge in [0.05, 0.1) is 19.3 Å². The quantitative estimate of drug-likeness (QED) is 0.383. The van der Waals surface area contributed by atoms with Gasteiger partial charge in [0, 0.05) is 23.2 Å². The average molecular weight is 347 g/mol. The smallest absolute Gasteiger partial charge is 0.185 e. The fraction of sp³-hybridized carbons (Fsp3) is 0.368. The number of benzene rings is 1. The van der Waals surface area contributed by atoms with Gasteiger partial charge in [0.2, 0.25) is 0 Å². The minimum atomic E-state index is -0.0474. The van der Waals surface area contributed by atoms with Crippen LogP contribution < -0.4 is 4.74 Å². The second kappa shape index (κ2) is 9.28. The molecule has 0 amide bonds. The van der Waals surface area contributed by atoms with Crippen LogP contribution in [-0.2, 0) is 6.54 Å². The number of ketones is 1. The van der Waals surface area contributed by atoms with Gasteiger partial charge >= 0.3 is 0 Å². The molecule has 1 heterocycles. The van der Waals surface area contributed by atoms with Crippen molar-refractivity contribution in [1.29, 1.82) is 0 Å². The highest BCUT2D eigenvalue weighted by molar-refractivity contribution is 6.17. The van der Waals surface area contributed by atoms with Crippen LogP contribution in [0.4, 0.5) is 0 Å². The molecule has 24 heavy (non-hydrogen) atoms. The highest BCUT2D eigenvalue weighted by Gasteiger charge is 2.03. The van der Waals surface area contributed by atoms with Gasteiger partial charge in [-0.2, -0.15) is 5.10 Å². The lowest BCUT2D eigenvalue weighted by Crippen LogP contribution is -2.01. The summed E-state index contributed by atoms with van der Waals surface area (Å²) in [6, 6.07) is 7.24. The summed E-state index contributed by atoms with van der Waals surface area (Å²) in [6.45, 7) is 5.67. The first-order valence-electron chi connectivity index (χ1n) is 8.12. The van der Waals surface area contributed by atoms with E-state index in [9.17, 15) is 4.79 Å². The molecule has 1 aromatic heterocycles. The van der Waals surface area contributed by atoms with E-state index in [1.165, 1.54) is 0 Å². The lowest BCUT2D eigenvalue weighted by Gasteiger charge is -2.08. The molecule has 0 saturated heterocycles. The van der Waals surface area contributed by atoms with Crippen molar-refractivity contribution in [3.05, 3.63) is 53.9 Å². The maximum Gasteiger partial charge on any atom is 0.185 e. The molecule has 128 valence electrons. The van der Waals surface area contributed by atoms with E-state index in [1.54, 1.807) is 35.2 Å². The van der Waals surface area contributed by atoms with E-state index in [1.807, 2.05) is 18.3 Å². The Labute approximate surface area is 148 Å². The number of halogens is 1. The number of carbonyl (C=O) groups is 1. The Morgan fingerprint density at radius 2 is 2.08 bits per heavy atom. The highest BCUT2D eigenvalue weighted by atomic mass is 35.5. The summed E-state index contributed by atoms with van der Waals surface area (Å²) in [6.07, 6.45) is 7.89. The first-order chi connectivity index (χ1) is 11.6. The third kappa shape index (κ3) is 5.85. The molecular formula is C19H23ClN2O2. The SMILES string of the molecule is CC(C)CCOc1ccc(C(=O)/C=C/c2cnn(CCCl)c2)cc1. The van der Waals surface area contributed by atoms with Crippen LogP contribution in [-0.4, -0.2) is 28.1 Å². The largest absolute Gasteiger partial charge is 0.494 e. The van der Waals surface area contributed by atoms with E-state index in [0.29, 0.717) is 30.5 Å². The zero-order chi connectivity index (χ0) is 17.4. The second-order valence-corrected chi connectivity index (χ2v) is 6.36. The lowest BCUT2D eigenvalue weighted by atomic mass is 10.1. The van der Waals surface area contributed by atoms with Gasteiger partial charge < -0.3 is 4.74 Å². The van der Waals surface area contributed by atoms with Gasteiger partial charge in [-0.25, -0.2) is 0 Å². The van der Waals surface area contributed by atoms with Gasteiger partial charge in [0.25, 0.3) is 0 Å². The summed E-state index contributed by atoms with van der Waals surface area (Å²) >= 11 is 5.67. The first-order valence-corrected chi connectivity index (χ1v) is 8.65. The number of aryl methyl sites for hydroxylation is 1. The van der Waals surface area contributed by atoms with E-state index >= 15 is 0 Å². The number of hydrogen-bond acceptors (Lipinski definition) is 3. The Hall–Kier alpha value is -2.07. The Bertz CT molecular complexity index is 675. The number of allylic oxidation sites excluding steroid dienone is 1. The van der Waals surface area contributed by atoms with Gasteiger partial charge in [-0.1, -0.05) is 13.8 Å². The van der Waals surface area contributed by atoms with E-state index < -0.39 is 0 Å². The summed E-state index contributed by atoms with van der Waals surface area (Å²) in [5.41, 5.74) is 1.51. The van der Waals surface area contributed by atoms with Crippen LogP contribution >= 0.6 is 11.6 Å². The van der Waals surface area contributed by atoms with Gasteiger partial charge in [-0.15, -0.1) is 11.6 Å². The Morgan fingerprint density at radius 1 is 1.33 bits per heavy atom. The number of hydrogen-bond donors (Lipinski definition) is 0. The third-order valence-corrected chi connectivity index (χ3v) is 3.67. The molecule has 0 spiro atoms. The van der Waals surface area contributed by atoms with E-state index in [0.717, 1.165) is 17.7 Å². The molecule has 0 radical (unpaired) electrons. The average Bonchev–Trinajstić information content (AvgIpc) is 3.01. The molecule has 2 rings (SSSR count). The predicted molar refractivity (Wildman–Crippen MR) is 97.7 cm³/mol. The van der Waals surface area contributed by atoms with Crippen molar-refractivity contribution in [1.82, 2.24) is 9.78 Å². The Morgan fingerprint density at radius 3 is 2.75 bits per heavy atom. The van der Waals surface area contributed by atoms with Crippen molar-refractivity contribution in [2.75, 3.05) is 12.5 Å². The minimum Gasteiger partial charge on any atom is -0.494 e. The molecule has 0 aliphatic rings. The van der Waals surface area contributed by atoms with E-state index in [4.69, 9.17) is 16.3 Å². The molecule has 0 unspecified atom stereocenters. The summed E-state index contributed by atoms with van der Waals surface area (Å²) in [4.78, 5) is 12.2. The summed E-state index contributed by atoms with van der Waals surface area (Å²) in [5.74, 6) is 1.87. The fourth-order valence-corrected chi connectivity index (χ4v) is 2.24. The molecule has 2 aromatic rings. The normalized spacial score (nSPS) is 11.3. The van der Waals surface area contributed by atoms with Crippen LogP contribution in [0.1, 0.15) is 36.2 Å². The van der Waals surface area contributed by atoms with Gasteiger partial charge in [0.1, 0.15) is 5.75 Å². The summed E-state index contributed by atoms with van der Waals surface area (Å²) in [7, 11) is 0. The molecule has 1 aromatic carbocycles. The van der Waals surface area contributed by atoms with Crippen LogP contribution in [0.25, 0.3) is 6.08 Å². The van der Waals surface area contributed by atoms with Crippen molar-refractivity contribution in [2.24, 2.45) is 5.92 Å². The minimum absolute atomic E-state index is 0.0474. The van der Waals surface area contributed by atoms with Gasteiger partial charge in [-0.3, -0.25) is 9.48 Å². The van der Waals surface area contributed by atoms with E-state index in [-0.39, 0.29) is 5.78 Å².